The summed E-state index contributed by atoms with van der Waals surface area (Å²) in [6, 6.07) is 10.6. The number of hydrogen-bond acceptors (Lipinski definition) is 4. The van der Waals surface area contributed by atoms with E-state index in [-0.39, 0.29) is 47.8 Å². The number of piperazine rings is 1. The number of benzene rings is 2. The van der Waals surface area contributed by atoms with Crippen LogP contribution in [0.4, 0.5) is 4.39 Å². The third-order valence-corrected chi connectivity index (χ3v) is 7.17. The Bertz CT molecular complexity index is 984. The predicted molar refractivity (Wildman–Crippen MR) is 108 cm³/mol. The van der Waals surface area contributed by atoms with Crippen LogP contribution in [-0.2, 0) is 14.8 Å². The van der Waals surface area contributed by atoms with Gasteiger partial charge in [-0.05, 0) is 48.2 Å². The molecule has 2 aromatic carbocycles. The molecule has 1 unspecified atom stereocenters. The zero-order valence-corrected chi connectivity index (χ0v) is 17.3. The maximum Gasteiger partial charge on any atom is 0.246 e. The first-order valence-corrected chi connectivity index (χ1v) is 11.0. The quantitative estimate of drug-likeness (QED) is 0.807. The maximum atomic E-state index is 13.1. The Morgan fingerprint density at radius 2 is 1.72 bits per heavy atom. The molecule has 1 fully saturated rings. The number of phenols is 1. The molecule has 1 heterocycles. The number of carbonyl (C=O) groups is 1. The smallest absolute Gasteiger partial charge is 0.246 e. The molecule has 0 aliphatic carbocycles. The molecule has 1 N–H and O–H groups in total. The van der Waals surface area contributed by atoms with E-state index in [1.54, 1.807) is 30.0 Å². The van der Waals surface area contributed by atoms with Gasteiger partial charge in [0.25, 0.3) is 0 Å². The van der Waals surface area contributed by atoms with Crippen LogP contribution < -0.4 is 0 Å². The van der Waals surface area contributed by atoms with Crippen molar-refractivity contribution in [3.63, 3.8) is 0 Å². The molecular formula is C21H25FN2O4S. The number of aromatic hydroxyl groups is 1. The van der Waals surface area contributed by atoms with Gasteiger partial charge in [0, 0.05) is 32.6 Å². The summed E-state index contributed by atoms with van der Waals surface area (Å²) in [7, 11) is -3.82. The van der Waals surface area contributed by atoms with E-state index in [0.717, 1.165) is 11.1 Å². The summed E-state index contributed by atoms with van der Waals surface area (Å²) in [5, 5.41) is 9.97. The predicted octanol–water partition coefficient (Wildman–Crippen LogP) is 2.87. The molecule has 156 valence electrons. The van der Waals surface area contributed by atoms with Crippen molar-refractivity contribution in [2.45, 2.75) is 31.1 Å². The second-order valence-corrected chi connectivity index (χ2v) is 9.32. The first-order chi connectivity index (χ1) is 13.7. The highest BCUT2D eigenvalue weighted by atomic mass is 32.2. The van der Waals surface area contributed by atoms with Crippen LogP contribution in [0.1, 0.15) is 30.4 Å². The molecule has 0 saturated carbocycles. The minimum Gasteiger partial charge on any atom is -0.507 e. The summed E-state index contributed by atoms with van der Waals surface area (Å²) < 4.78 is 40.1. The number of nitrogens with zero attached hydrogens (tertiary/aromatic N) is 2. The summed E-state index contributed by atoms with van der Waals surface area (Å²) in [5.74, 6) is -0.710. The number of amides is 1. The van der Waals surface area contributed by atoms with Gasteiger partial charge < -0.3 is 10.0 Å². The number of rotatable bonds is 5. The second-order valence-electron chi connectivity index (χ2n) is 7.41. The van der Waals surface area contributed by atoms with Crippen molar-refractivity contribution >= 4 is 15.9 Å². The summed E-state index contributed by atoms with van der Waals surface area (Å²) in [6.07, 6.45) is 0.275. The molecule has 6 nitrogen and oxygen atoms in total. The average molecular weight is 421 g/mol. The Balaban J connectivity index is 1.61. The molecule has 1 saturated heterocycles. The molecular weight excluding hydrogens is 395 g/mol. The van der Waals surface area contributed by atoms with Crippen LogP contribution in [0.25, 0.3) is 0 Å². The third kappa shape index (κ3) is 4.76. The van der Waals surface area contributed by atoms with E-state index in [9.17, 15) is 22.7 Å². The van der Waals surface area contributed by atoms with Crippen LogP contribution >= 0.6 is 0 Å². The van der Waals surface area contributed by atoms with Gasteiger partial charge >= 0.3 is 0 Å². The molecule has 8 heteroatoms. The zero-order chi connectivity index (χ0) is 21.2. The van der Waals surface area contributed by atoms with Gasteiger partial charge in [-0.25, -0.2) is 12.8 Å². The fraction of sp³-hybridized carbons (Fsp3) is 0.381. The van der Waals surface area contributed by atoms with E-state index in [0.29, 0.717) is 13.1 Å². The number of carbonyl (C=O) groups excluding carboxylic acids is 1. The fourth-order valence-electron chi connectivity index (χ4n) is 3.45. The Kier molecular flexibility index (Phi) is 6.24. The molecule has 0 bridgehead atoms. The van der Waals surface area contributed by atoms with Crippen molar-refractivity contribution in [3.05, 3.63) is 59.4 Å². The van der Waals surface area contributed by atoms with Crippen LogP contribution in [-0.4, -0.2) is 54.8 Å². The highest BCUT2D eigenvalue weighted by Gasteiger charge is 2.32. The molecule has 1 aliphatic rings. The molecule has 0 radical (unpaired) electrons. The van der Waals surface area contributed by atoms with Crippen molar-refractivity contribution in [1.29, 1.82) is 0 Å². The molecule has 1 atom stereocenters. The van der Waals surface area contributed by atoms with Crippen LogP contribution in [0.5, 0.6) is 5.75 Å². The maximum absolute atomic E-state index is 13.1. The molecule has 29 heavy (non-hydrogen) atoms. The Labute approximate surface area is 170 Å². The Morgan fingerprint density at radius 3 is 2.34 bits per heavy atom. The minimum absolute atomic E-state index is 0.0581. The van der Waals surface area contributed by atoms with Gasteiger partial charge in [-0.3, -0.25) is 4.79 Å². The van der Waals surface area contributed by atoms with Crippen molar-refractivity contribution in [2.24, 2.45) is 0 Å². The van der Waals surface area contributed by atoms with Gasteiger partial charge in [0.2, 0.25) is 15.9 Å². The van der Waals surface area contributed by atoms with Crippen LogP contribution in [0.2, 0.25) is 0 Å². The highest BCUT2D eigenvalue weighted by molar-refractivity contribution is 7.89. The van der Waals surface area contributed by atoms with Gasteiger partial charge in [0.05, 0.1) is 0 Å². The van der Waals surface area contributed by atoms with Gasteiger partial charge in [-0.15, -0.1) is 0 Å². The Morgan fingerprint density at radius 1 is 1.10 bits per heavy atom. The third-order valence-electron chi connectivity index (χ3n) is 5.24. The van der Waals surface area contributed by atoms with Crippen molar-refractivity contribution in [3.8, 4) is 5.75 Å². The number of phenolic OH excluding ortho intramolecular Hbond substituents is 1. The first kappa shape index (κ1) is 21.3. The molecule has 0 aromatic heterocycles. The molecule has 0 spiro atoms. The molecule has 2 aromatic rings. The SMILES string of the molecule is Cc1ccc(O)c(S(=O)(=O)N2CCN(C(=O)CC(C)c3ccc(F)cc3)CC2)c1. The summed E-state index contributed by atoms with van der Waals surface area (Å²) in [6.45, 7) is 4.60. The monoisotopic (exact) mass is 420 g/mol. The van der Waals surface area contributed by atoms with Gasteiger partial charge in [0.15, 0.2) is 0 Å². The van der Waals surface area contributed by atoms with Crippen LogP contribution in [0.3, 0.4) is 0 Å². The molecule has 1 aliphatic heterocycles. The summed E-state index contributed by atoms with van der Waals surface area (Å²) >= 11 is 0. The lowest BCUT2D eigenvalue weighted by Crippen LogP contribution is -2.50. The topological polar surface area (TPSA) is 77.9 Å². The van der Waals surface area contributed by atoms with Crippen molar-refractivity contribution < 1.29 is 22.7 Å². The van der Waals surface area contributed by atoms with Gasteiger partial charge in [-0.2, -0.15) is 4.31 Å². The highest BCUT2D eigenvalue weighted by Crippen LogP contribution is 2.28. The number of sulfonamides is 1. The molecule has 1 amide bonds. The van der Waals surface area contributed by atoms with Crippen molar-refractivity contribution in [2.75, 3.05) is 26.2 Å². The summed E-state index contributed by atoms with van der Waals surface area (Å²) in [4.78, 5) is 14.2. The number of hydrogen-bond donors (Lipinski definition) is 1. The lowest BCUT2D eigenvalue weighted by atomic mass is 9.97. The van der Waals surface area contributed by atoms with Gasteiger partial charge in [-0.1, -0.05) is 25.1 Å². The molecule has 3 rings (SSSR count). The standard InChI is InChI=1S/C21H25FN2O4S/c1-15-3-8-19(25)20(13-15)29(27,28)24-11-9-23(10-12-24)21(26)14-16(2)17-4-6-18(22)7-5-17/h3-8,13,16,25H,9-12,14H2,1-2H3. The van der Waals surface area contributed by atoms with E-state index in [1.165, 1.54) is 28.6 Å². The normalized spacial score (nSPS) is 16.6. The van der Waals surface area contributed by atoms with Crippen LogP contribution in [0, 0.1) is 12.7 Å². The van der Waals surface area contributed by atoms with Gasteiger partial charge in [0.1, 0.15) is 16.5 Å². The first-order valence-electron chi connectivity index (χ1n) is 9.51. The number of halogens is 1. The van der Waals surface area contributed by atoms with E-state index in [2.05, 4.69) is 0 Å². The zero-order valence-electron chi connectivity index (χ0n) is 16.5. The number of aryl methyl sites for hydroxylation is 1. The average Bonchev–Trinajstić information content (AvgIpc) is 2.70. The fourth-order valence-corrected chi connectivity index (χ4v) is 5.03. The summed E-state index contributed by atoms with van der Waals surface area (Å²) in [5.41, 5.74) is 1.63. The second kappa shape index (κ2) is 8.51. The Hall–Kier alpha value is -2.45. The largest absolute Gasteiger partial charge is 0.507 e. The van der Waals surface area contributed by atoms with Crippen LogP contribution in [0.15, 0.2) is 47.4 Å². The van der Waals surface area contributed by atoms with E-state index < -0.39 is 10.0 Å². The van der Waals surface area contributed by atoms with E-state index in [1.807, 2.05) is 6.92 Å². The lowest BCUT2D eigenvalue weighted by Gasteiger charge is -2.34. The van der Waals surface area contributed by atoms with E-state index >= 15 is 0 Å². The lowest BCUT2D eigenvalue weighted by molar-refractivity contribution is -0.132. The van der Waals surface area contributed by atoms with Crippen molar-refractivity contribution in [1.82, 2.24) is 9.21 Å². The minimum atomic E-state index is -3.82. The van der Waals surface area contributed by atoms with E-state index in [4.69, 9.17) is 0 Å².